The number of carbonyl (C=O) groups is 1. The minimum absolute atomic E-state index is 0.153. The molecular weight excluding hydrogens is 347 g/mol. The van der Waals surface area contributed by atoms with Crippen LogP contribution in [-0.2, 0) is 19.3 Å². The molecule has 0 aromatic heterocycles. The molecule has 1 amide bonds. The predicted molar refractivity (Wildman–Crippen MR) is 86.3 cm³/mol. The van der Waals surface area contributed by atoms with Gasteiger partial charge in [-0.15, -0.1) is 0 Å². The van der Waals surface area contributed by atoms with E-state index < -0.39 is 20.4 Å². The lowest BCUT2D eigenvalue weighted by atomic mass is 10.1. The second-order valence-electron chi connectivity index (χ2n) is 5.62. The summed E-state index contributed by atoms with van der Waals surface area (Å²) < 4.78 is 26.2. The summed E-state index contributed by atoms with van der Waals surface area (Å²) in [4.78, 5) is 12.5. The van der Waals surface area contributed by atoms with Crippen LogP contribution in [0.15, 0.2) is 24.3 Å². The molecule has 0 bridgehead atoms. The van der Waals surface area contributed by atoms with Crippen LogP contribution in [0.2, 0.25) is 0 Å². The lowest BCUT2D eigenvalue weighted by Gasteiger charge is -2.35. The van der Waals surface area contributed by atoms with Crippen LogP contribution in [0.4, 0.5) is 5.69 Å². The number of alkyl halides is 2. The van der Waals surface area contributed by atoms with Crippen LogP contribution < -0.4 is 4.31 Å². The largest absolute Gasteiger partial charge is 0.311 e. The number of anilines is 1. The number of amides is 1. The fourth-order valence-electron chi connectivity index (χ4n) is 3.02. The van der Waals surface area contributed by atoms with Crippen LogP contribution in [0.3, 0.4) is 0 Å². The Balaban J connectivity index is 2.10. The fraction of sp³-hybridized carbons (Fsp3) is 0.500. The van der Waals surface area contributed by atoms with Gasteiger partial charge in [0.15, 0.2) is 0 Å². The van der Waals surface area contributed by atoms with Crippen LogP contribution in [0.5, 0.6) is 0 Å². The van der Waals surface area contributed by atoms with E-state index in [2.05, 4.69) is 0 Å². The summed E-state index contributed by atoms with van der Waals surface area (Å²) in [6.07, 6.45) is 2.53. The third-order valence-corrected chi connectivity index (χ3v) is 6.87. The minimum Gasteiger partial charge on any atom is -0.269 e. The van der Waals surface area contributed by atoms with Gasteiger partial charge in [0.2, 0.25) is 4.33 Å². The summed E-state index contributed by atoms with van der Waals surface area (Å²) in [7, 11) is -4.00. The van der Waals surface area contributed by atoms with Gasteiger partial charge >= 0.3 is 10.2 Å². The first-order valence-electron chi connectivity index (χ1n) is 7.12. The molecule has 8 heteroatoms. The van der Waals surface area contributed by atoms with Crippen molar-refractivity contribution in [1.29, 1.82) is 0 Å². The molecule has 2 heterocycles. The van der Waals surface area contributed by atoms with Crippen LogP contribution in [-0.4, -0.2) is 31.2 Å². The molecule has 1 saturated heterocycles. The molecular formula is C14H16Cl2N2O3S. The van der Waals surface area contributed by atoms with Gasteiger partial charge in [0.1, 0.15) is 0 Å². The second-order valence-corrected chi connectivity index (χ2v) is 8.68. The molecule has 0 N–H and O–H groups in total. The van der Waals surface area contributed by atoms with E-state index in [9.17, 15) is 13.2 Å². The van der Waals surface area contributed by atoms with Gasteiger partial charge in [-0.1, -0.05) is 47.8 Å². The topological polar surface area (TPSA) is 57.7 Å². The van der Waals surface area contributed by atoms with Crippen LogP contribution in [0.25, 0.3) is 0 Å². The number of hydrogen-bond acceptors (Lipinski definition) is 3. The fourth-order valence-corrected chi connectivity index (χ4v) is 5.49. The first kappa shape index (κ1) is 16.1. The van der Waals surface area contributed by atoms with Crippen molar-refractivity contribution in [2.24, 2.45) is 0 Å². The smallest absolute Gasteiger partial charge is 0.269 e. The number of halogens is 2. The van der Waals surface area contributed by atoms with Crippen LogP contribution in [0, 0.1) is 0 Å². The molecule has 1 fully saturated rings. The summed E-state index contributed by atoms with van der Waals surface area (Å²) in [5, 5.41) is 0. The van der Waals surface area contributed by atoms with E-state index in [4.69, 9.17) is 23.2 Å². The van der Waals surface area contributed by atoms with Crippen molar-refractivity contribution in [3.63, 3.8) is 0 Å². The summed E-state index contributed by atoms with van der Waals surface area (Å²) in [5.41, 5.74) is 0.534. The molecule has 5 nitrogen and oxygen atoms in total. The van der Waals surface area contributed by atoms with Gasteiger partial charge in [0, 0.05) is 18.2 Å². The Morgan fingerprint density at radius 3 is 2.59 bits per heavy atom. The number of rotatable bonds is 2. The van der Waals surface area contributed by atoms with Crippen molar-refractivity contribution < 1.29 is 13.2 Å². The summed E-state index contributed by atoms with van der Waals surface area (Å²) in [5.74, 6) is -0.838. The lowest BCUT2D eigenvalue weighted by molar-refractivity contribution is -0.117. The highest BCUT2D eigenvalue weighted by molar-refractivity contribution is 7.91. The molecule has 0 aliphatic carbocycles. The molecule has 0 radical (unpaired) electrons. The van der Waals surface area contributed by atoms with Crippen LogP contribution in [0.1, 0.15) is 31.7 Å². The Kier molecular flexibility index (Phi) is 3.92. The highest BCUT2D eigenvalue weighted by atomic mass is 35.5. The maximum Gasteiger partial charge on any atom is 0.311 e. The maximum absolute atomic E-state index is 13.0. The Morgan fingerprint density at radius 1 is 1.23 bits per heavy atom. The zero-order valence-corrected chi connectivity index (χ0v) is 14.3. The Labute approximate surface area is 140 Å². The third-order valence-electron chi connectivity index (χ3n) is 4.18. The zero-order valence-electron chi connectivity index (χ0n) is 12.0. The van der Waals surface area contributed by atoms with Gasteiger partial charge < -0.3 is 0 Å². The average molecular weight is 363 g/mol. The molecule has 1 unspecified atom stereocenters. The minimum atomic E-state index is -4.00. The highest BCUT2D eigenvalue weighted by Gasteiger charge is 2.54. The Morgan fingerprint density at radius 2 is 1.91 bits per heavy atom. The van der Waals surface area contributed by atoms with Crippen molar-refractivity contribution in [1.82, 2.24) is 4.31 Å². The first-order chi connectivity index (χ1) is 10.3. The van der Waals surface area contributed by atoms with E-state index in [1.165, 1.54) is 4.31 Å². The van der Waals surface area contributed by atoms with E-state index in [1.807, 2.05) is 6.92 Å². The predicted octanol–water partition coefficient (Wildman–Crippen LogP) is 2.78. The monoisotopic (exact) mass is 362 g/mol. The van der Waals surface area contributed by atoms with E-state index in [0.29, 0.717) is 12.1 Å². The van der Waals surface area contributed by atoms with Crippen molar-refractivity contribution in [2.75, 3.05) is 10.8 Å². The molecule has 22 heavy (non-hydrogen) atoms. The molecule has 1 aromatic rings. The third kappa shape index (κ3) is 2.24. The van der Waals surface area contributed by atoms with Crippen molar-refractivity contribution in [3.8, 4) is 0 Å². The van der Waals surface area contributed by atoms with Gasteiger partial charge in [-0.3, -0.25) is 4.79 Å². The number of hydrogen-bond donors (Lipinski definition) is 0. The SMILES string of the molecule is CC1CCCCN1S(=O)(=O)N1C(=O)C(Cl)(Cl)c2ccccc21. The summed E-state index contributed by atoms with van der Waals surface area (Å²) in [6.45, 7) is 2.24. The van der Waals surface area contributed by atoms with Gasteiger partial charge in [0.25, 0.3) is 5.91 Å². The molecule has 2 aliphatic rings. The number of carbonyl (C=O) groups excluding carboxylic acids is 1. The zero-order chi connectivity index (χ0) is 16.1. The van der Waals surface area contributed by atoms with E-state index in [-0.39, 0.29) is 11.7 Å². The number of fused-ring (bicyclic) bond motifs is 1. The standard InChI is InChI=1S/C14H16Cl2N2O3S/c1-10-6-4-5-9-17(10)22(20,21)18-12-8-3-2-7-11(12)14(15,16)13(18)19/h2-3,7-8,10H,4-6,9H2,1H3. The Hall–Kier alpha value is -0.820. The molecule has 120 valence electrons. The highest BCUT2D eigenvalue weighted by Crippen LogP contribution is 2.49. The van der Waals surface area contributed by atoms with Crippen molar-refractivity contribution >= 4 is 45.0 Å². The molecule has 1 aromatic carbocycles. The first-order valence-corrected chi connectivity index (χ1v) is 9.27. The van der Waals surface area contributed by atoms with Gasteiger partial charge in [-0.2, -0.15) is 17.0 Å². The van der Waals surface area contributed by atoms with Crippen LogP contribution >= 0.6 is 23.2 Å². The molecule has 0 saturated carbocycles. The second kappa shape index (κ2) is 5.37. The van der Waals surface area contributed by atoms with Gasteiger partial charge in [-0.25, -0.2) is 0 Å². The molecule has 3 rings (SSSR count). The normalized spacial score (nSPS) is 25.3. The summed E-state index contributed by atoms with van der Waals surface area (Å²) >= 11 is 12.2. The number of para-hydroxylation sites is 1. The number of benzene rings is 1. The average Bonchev–Trinajstić information content (AvgIpc) is 2.67. The van der Waals surface area contributed by atoms with E-state index >= 15 is 0 Å². The quantitative estimate of drug-likeness (QED) is 0.760. The summed E-state index contributed by atoms with van der Waals surface area (Å²) in [6, 6.07) is 6.29. The van der Waals surface area contributed by atoms with Gasteiger partial charge in [0.05, 0.1) is 5.69 Å². The van der Waals surface area contributed by atoms with Gasteiger partial charge in [-0.05, 0) is 25.8 Å². The Bertz CT molecular complexity index is 721. The molecule has 0 spiro atoms. The number of nitrogens with zero attached hydrogens (tertiary/aromatic N) is 2. The van der Waals surface area contributed by atoms with E-state index in [0.717, 1.165) is 23.6 Å². The maximum atomic E-state index is 13.0. The van der Waals surface area contributed by atoms with Crippen molar-refractivity contribution in [2.45, 2.75) is 36.6 Å². The molecule has 2 aliphatic heterocycles. The van der Waals surface area contributed by atoms with E-state index in [1.54, 1.807) is 24.3 Å². The van der Waals surface area contributed by atoms with Crippen molar-refractivity contribution in [3.05, 3.63) is 29.8 Å². The number of piperidine rings is 1. The lowest BCUT2D eigenvalue weighted by Crippen LogP contribution is -2.52. The molecule has 1 atom stereocenters.